The normalized spacial score (nSPS) is 12.7. The first-order valence-corrected chi connectivity index (χ1v) is 12.8. The van der Waals surface area contributed by atoms with Crippen molar-refractivity contribution < 1.29 is 24.5 Å². The molecule has 0 aromatic carbocycles. The van der Waals surface area contributed by atoms with Crippen LogP contribution >= 0.6 is 0 Å². The molecule has 5 heteroatoms. The lowest BCUT2D eigenvalue weighted by Crippen LogP contribution is -2.16. The van der Waals surface area contributed by atoms with Crippen LogP contribution in [0.15, 0.2) is 11.8 Å². The minimum atomic E-state index is -1.11. The van der Waals surface area contributed by atoms with Crippen LogP contribution in [0, 0.1) is 0 Å². The molecule has 0 rings (SSSR count). The van der Waals surface area contributed by atoms with Crippen molar-refractivity contribution in [2.75, 3.05) is 0 Å². The molecule has 31 heavy (non-hydrogen) atoms. The zero-order valence-electron chi connectivity index (χ0n) is 20.2. The molecule has 0 aliphatic heterocycles. The Bertz CT molecular complexity index is 472. The van der Waals surface area contributed by atoms with E-state index in [2.05, 4.69) is 13.8 Å². The highest BCUT2D eigenvalue weighted by Gasteiger charge is 2.14. The minimum Gasteiger partial charge on any atom is -0.478 e. The van der Waals surface area contributed by atoms with Gasteiger partial charge in [-0.05, 0) is 12.8 Å². The molecule has 1 unspecified atom stereocenters. The van der Waals surface area contributed by atoms with E-state index < -0.39 is 18.0 Å². The van der Waals surface area contributed by atoms with Crippen LogP contribution < -0.4 is 0 Å². The van der Waals surface area contributed by atoms with E-state index in [0.717, 1.165) is 38.2 Å². The Morgan fingerprint density at radius 1 is 0.742 bits per heavy atom. The Balaban J connectivity index is 3.99. The summed E-state index contributed by atoms with van der Waals surface area (Å²) >= 11 is 0. The molecule has 0 amide bonds. The topological polar surface area (TPSA) is 83.8 Å². The van der Waals surface area contributed by atoms with Crippen molar-refractivity contribution in [2.24, 2.45) is 0 Å². The van der Waals surface area contributed by atoms with Crippen LogP contribution in [-0.4, -0.2) is 28.3 Å². The van der Waals surface area contributed by atoms with E-state index in [4.69, 9.17) is 9.84 Å². The first-order chi connectivity index (χ1) is 15.0. The number of aliphatic carboxylic acids is 1. The van der Waals surface area contributed by atoms with E-state index in [1.54, 1.807) is 0 Å². The first-order valence-electron chi connectivity index (χ1n) is 12.8. The summed E-state index contributed by atoms with van der Waals surface area (Å²) in [6.07, 6.45) is 19.9. The second-order valence-corrected chi connectivity index (χ2v) is 8.77. The summed E-state index contributed by atoms with van der Waals surface area (Å²) in [6.45, 7) is 4.41. The second-order valence-electron chi connectivity index (χ2n) is 8.77. The molecule has 0 aliphatic rings. The minimum absolute atomic E-state index is 0.0788. The fraction of sp³-hybridized carbons (Fsp3) is 0.846. The lowest BCUT2D eigenvalue weighted by molar-refractivity contribution is -0.142. The molecule has 0 spiro atoms. The maximum Gasteiger partial charge on any atom is 0.331 e. The summed E-state index contributed by atoms with van der Waals surface area (Å²) in [6, 6.07) is 0. The van der Waals surface area contributed by atoms with Gasteiger partial charge in [-0.1, -0.05) is 110 Å². The van der Waals surface area contributed by atoms with Crippen molar-refractivity contribution >= 4 is 11.9 Å². The van der Waals surface area contributed by atoms with Gasteiger partial charge in [-0.25, -0.2) is 4.79 Å². The molecule has 0 fully saturated rings. The number of aliphatic hydroxyl groups excluding tert-OH is 1. The number of allylic oxidation sites excluding steroid dienone is 1. The zero-order chi connectivity index (χ0) is 23.2. The maximum atomic E-state index is 12.1. The van der Waals surface area contributed by atoms with Gasteiger partial charge in [0, 0.05) is 6.42 Å². The molecule has 0 aromatic rings. The van der Waals surface area contributed by atoms with Gasteiger partial charge >= 0.3 is 11.9 Å². The SMILES string of the molecule is CCCCCCCCCCCC(=CC(=O)O)OC(=O)CC(O)CCCCCCCCC. The van der Waals surface area contributed by atoms with Gasteiger partial charge in [0.1, 0.15) is 5.76 Å². The number of hydrogen-bond acceptors (Lipinski definition) is 4. The van der Waals surface area contributed by atoms with Gasteiger partial charge in [0.05, 0.1) is 18.6 Å². The number of aliphatic hydroxyl groups is 1. The number of ether oxygens (including phenoxy) is 1. The fourth-order valence-corrected chi connectivity index (χ4v) is 3.72. The molecular formula is C26H48O5. The molecule has 0 aliphatic carbocycles. The van der Waals surface area contributed by atoms with Crippen molar-refractivity contribution in [1.29, 1.82) is 0 Å². The highest BCUT2D eigenvalue weighted by molar-refractivity contribution is 5.81. The van der Waals surface area contributed by atoms with Crippen molar-refractivity contribution in [3.05, 3.63) is 11.8 Å². The van der Waals surface area contributed by atoms with Gasteiger partial charge in [0.2, 0.25) is 0 Å². The third kappa shape index (κ3) is 21.7. The lowest BCUT2D eigenvalue weighted by Gasteiger charge is -2.12. The standard InChI is InChI=1S/C26H48O5/c1-3-5-7-9-11-12-14-16-18-20-24(22-25(28)29)31-26(30)21-23(27)19-17-15-13-10-8-6-4-2/h22-23,27H,3-21H2,1-2H3,(H,28,29). The summed E-state index contributed by atoms with van der Waals surface area (Å²) in [5.41, 5.74) is 0. The van der Waals surface area contributed by atoms with Gasteiger partial charge in [-0.3, -0.25) is 4.79 Å². The molecule has 2 N–H and O–H groups in total. The van der Waals surface area contributed by atoms with E-state index in [-0.39, 0.29) is 12.2 Å². The molecule has 0 bridgehead atoms. The van der Waals surface area contributed by atoms with E-state index in [9.17, 15) is 14.7 Å². The van der Waals surface area contributed by atoms with E-state index in [1.165, 1.54) is 70.6 Å². The van der Waals surface area contributed by atoms with Crippen LogP contribution in [0.4, 0.5) is 0 Å². The highest BCUT2D eigenvalue weighted by Crippen LogP contribution is 2.16. The number of unbranched alkanes of at least 4 members (excludes halogenated alkanes) is 14. The third-order valence-electron chi connectivity index (χ3n) is 5.60. The Kier molecular flexibility index (Phi) is 20.9. The Hall–Kier alpha value is -1.36. The van der Waals surface area contributed by atoms with E-state index in [1.807, 2.05) is 0 Å². The van der Waals surface area contributed by atoms with Gasteiger partial charge in [-0.2, -0.15) is 0 Å². The molecule has 1 atom stereocenters. The molecule has 0 heterocycles. The molecule has 0 saturated carbocycles. The molecular weight excluding hydrogens is 392 g/mol. The van der Waals surface area contributed by atoms with Gasteiger partial charge in [0.15, 0.2) is 0 Å². The van der Waals surface area contributed by atoms with Crippen LogP contribution in [0.3, 0.4) is 0 Å². The van der Waals surface area contributed by atoms with Crippen molar-refractivity contribution in [2.45, 2.75) is 142 Å². The van der Waals surface area contributed by atoms with E-state index >= 15 is 0 Å². The number of carbonyl (C=O) groups excluding carboxylic acids is 1. The summed E-state index contributed by atoms with van der Waals surface area (Å²) in [5, 5.41) is 19.1. The second kappa shape index (κ2) is 21.9. The smallest absolute Gasteiger partial charge is 0.331 e. The average molecular weight is 441 g/mol. The lowest BCUT2D eigenvalue weighted by atomic mass is 10.0. The number of carboxylic acid groups (broad SMARTS) is 1. The number of rotatable bonds is 22. The Morgan fingerprint density at radius 2 is 1.19 bits per heavy atom. The quantitative estimate of drug-likeness (QED) is 0.0798. The number of hydrogen-bond donors (Lipinski definition) is 2. The predicted octanol–water partition coefficient (Wildman–Crippen LogP) is 7.31. The van der Waals surface area contributed by atoms with Crippen LogP contribution in [0.2, 0.25) is 0 Å². The molecule has 5 nitrogen and oxygen atoms in total. The molecule has 182 valence electrons. The fourth-order valence-electron chi connectivity index (χ4n) is 3.72. The van der Waals surface area contributed by atoms with Crippen LogP contribution in [-0.2, 0) is 14.3 Å². The van der Waals surface area contributed by atoms with Gasteiger partial charge < -0.3 is 14.9 Å². The summed E-state index contributed by atoms with van der Waals surface area (Å²) in [4.78, 5) is 23.1. The first kappa shape index (κ1) is 29.6. The molecule has 0 saturated heterocycles. The molecule has 0 aromatic heterocycles. The summed E-state index contributed by atoms with van der Waals surface area (Å²) in [5.74, 6) is -1.45. The molecule has 0 radical (unpaired) electrons. The van der Waals surface area contributed by atoms with Crippen LogP contribution in [0.1, 0.15) is 136 Å². The summed E-state index contributed by atoms with van der Waals surface area (Å²) in [7, 11) is 0. The highest BCUT2D eigenvalue weighted by atomic mass is 16.5. The van der Waals surface area contributed by atoms with Gasteiger partial charge in [0.25, 0.3) is 0 Å². The monoisotopic (exact) mass is 440 g/mol. The van der Waals surface area contributed by atoms with Crippen molar-refractivity contribution in [3.8, 4) is 0 Å². The van der Waals surface area contributed by atoms with Crippen molar-refractivity contribution in [1.82, 2.24) is 0 Å². The largest absolute Gasteiger partial charge is 0.478 e. The maximum absolute atomic E-state index is 12.1. The van der Waals surface area contributed by atoms with Crippen molar-refractivity contribution in [3.63, 3.8) is 0 Å². The summed E-state index contributed by atoms with van der Waals surface area (Å²) < 4.78 is 5.26. The Morgan fingerprint density at radius 3 is 1.68 bits per heavy atom. The van der Waals surface area contributed by atoms with Crippen LogP contribution in [0.5, 0.6) is 0 Å². The number of esters is 1. The third-order valence-corrected chi connectivity index (χ3v) is 5.60. The number of carbonyl (C=O) groups is 2. The van der Waals surface area contributed by atoms with E-state index in [0.29, 0.717) is 12.8 Å². The average Bonchev–Trinajstić information content (AvgIpc) is 2.71. The Labute approximate surface area is 190 Å². The van der Waals surface area contributed by atoms with Crippen LogP contribution in [0.25, 0.3) is 0 Å². The zero-order valence-corrected chi connectivity index (χ0v) is 20.2. The van der Waals surface area contributed by atoms with Gasteiger partial charge in [-0.15, -0.1) is 0 Å². The number of carboxylic acids is 1. The predicted molar refractivity (Wildman–Crippen MR) is 127 cm³/mol.